The van der Waals surface area contributed by atoms with E-state index >= 15 is 0 Å². The lowest BCUT2D eigenvalue weighted by atomic mass is 10.3. The fraction of sp³-hybridized carbons (Fsp3) is 0.0667. The molecular weight excluding hydrogens is 334 g/mol. The van der Waals surface area contributed by atoms with Crippen LogP contribution in [0.3, 0.4) is 0 Å². The van der Waals surface area contributed by atoms with Crippen LogP contribution >= 0.6 is 11.3 Å². The molecule has 0 aliphatic carbocycles. The molecule has 8 heteroatoms. The highest BCUT2D eigenvalue weighted by Gasteiger charge is 2.21. The molecule has 118 valence electrons. The minimum atomic E-state index is -3.59. The number of thiophene rings is 1. The number of aliphatic hydroxyl groups excluding tert-OH is 1. The molecule has 0 spiro atoms. The second kappa shape index (κ2) is 6.45. The largest absolute Gasteiger partial charge is 0.381 e. The zero-order chi connectivity index (χ0) is 16.3. The molecule has 0 radical (unpaired) electrons. The lowest BCUT2D eigenvalue weighted by Crippen LogP contribution is -2.02. The van der Waals surface area contributed by atoms with Gasteiger partial charge < -0.3 is 5.11 Å². The Morgan fingerprint density at radius 3 is 2.70 bits per heavy atom. The van der Waals surface area contributed by atoms with Gasteiger partial charge in [0.1, 0.15) is 12.4 Å². The molecule has 2 heterocycles. The number of sulfone groups is 1. The molecule has 3 aromatic rings. The first-order valence-corrected chi connectivity index (χ1v) is 9.05. The molecule has 6 nitrogen and oxygen atoms in total. The van der Waals surface area contributed by atoms with Crippen molar-refractivity contribution in [1.29, 1.82) is 0 Å². The monoisotopic (exact) mass is 347 g/mol. The average molecular weight is 347 g/mol. The third kappa shape index (κ3) is 3.24. The average Bonchev–Trinajstić information content (AvgIpc) is 3.25. The Kier molecular flexibility index (Phi) is 4.37. The number of aromatic nitrogens is 3. The molecule has 0 amide bonds. The van der Waals surface area contributed by atoms with Gasteiger partial charge in [-0.2, -0.15) is 5.10 Å². The van der Waals surface area contributed by atoms with Gasteiger partial charge in [0.25, 0.3) is 0 Å². The van der Waals surface area contributed by atoms with Crippen LogP contribution in [0.1, 0.15) is 16.8 Å². The standard InChI is InChI=1S/C15H13N3O3S2/c19-12(15-16-10-17-18-15)6-7-13-14(8-9-22-13)23(20,21)11-4-2-1-3-5-11/h1-10,12,19H,(H,16,17,18). The molecule has 2 N–H and O–H groups in total. The second-order valence-corrected chi connectivity index (χ2v) is 7.49. The summed E-state index contributed by atoms with van der Waals surface area (Å²) in [7, 11) is -3.59. The van der Waals surface area contributed by atoms with Gasteiger partial charge in [0, 0.05) is 4.88 Å². The first-order chi connectivity index (χ1) is 11.1. The summed E-state index contributed by atoms with van der Waals surface area (Å²) in [6, 6.07) is 9.81. The normalized spacial score (nSPS) is 13.4. The zero-order valence-corrected chi connectivity index (χ0v) is 13.5. The number of H-pyrrole nitrogens is 1. The smallest absolute Gasteiger partial charge is 0.208 e. The lowest BCUT2D eigenvalue weighted by molar-refractivity contribution is 0.219. The topological polar surface area (TPSA) is 95.9 Å². The van der Waals surface area contributed by atoms with Crippen molar-refractivity contribution in [2.45, 2.75) is 15.9 Å². The van der Waals surface area contributed by atoms with Crippen molar-refractivity contribution in [3.05, 3.63) is 64.9 Å². The molecule has 0 bridgehead atoms. The van der Waals surface area contributed by atoms with E-state index in [4.69, 9.17) is 0 Å². The number of hydrogen-bond donors (Lipinski definition) is 2. The Bertz CT molecular complexity index is 901. The van der Waals surface area contributed by atoms with Crippen molar-refractivity contribution in [3.8, 4) is 0 Å². The Morgan fingerprint density at radius 1 is 1.22 bits per heavy atom. The second-order valence-electron chi connectivity index (χ2n) is 4.63. The Labute approximate surface area is 137 Å². The van der Waals surface area contributed by atoms with Crippen molar-refractivity contribution < 1.29 is 13.5 Å². The fourth-order valence-corrected chi connectivity index (χ4v) is 4.61. The third-order valence-electron chi connectivity index (χ3n) is 3.13. The molecule has 2 aromatic heterocycles. The van der Waals surface area contributed by atoms with Crippen LogP contribution in [-0.4, -0.2) is 28.7 Å². The lowest BCUT2D eigenvalue weighted by Gasteiger charge is -2.04. The van der Waals surface area contributed by atoms with Gasteiger partial charge in [-0.15, -0.1) is 11.3 Å². The summed E-state index contributed by atoms with van der Waals surface area (Å²) in [4.78, 5) is 4.85. The van der Waals surface area contributed by atoms with Crippen molar-refractivity contribution in [1.82, 2.24) is 15.2 Å². The fourth-order valence-electron chi connectivity index (χ4n) is 2.01. The summed E-state index contributed by atoms with van der Waals surface area (Å²) in [5, 5.41) is 17.9. The molecule has 23 heavy (non-hydrogen) atoms. The molecule has 1 unspecified atom stereocenters. The third-order valence-corrected chi connectivity index (χ3v) is 5.97. The van der Waals surface area contributed by atoms with Gasteiger partial charge in [0.05, 0.1) is 9.79 Å². The zero-order valence-electron chi connectivity index (χ0n) is 11.8. The van der Waals surface area contributed by atoms with E-state index in [1.165, 1.54) is 23.7 Å². The van der Waals surface area contributed by atoms with Crippen LogP contribution in [-0.2, 0) is 9.84 Å². The molecule has 0 aliphatic rings. The predicted molar refractivity (Wildman–Crippen MR) is 86.6 cm³/mol. The quantitative estimate of drug-likeness (QED) is 0.739. The number of benzene rings is 1. The number of rotatable bonds is 5. The van der Waals surface area contributed by atoms with Gasteiger partial charge >= 0.3 is 0 Å². The maximum absolute atomic E-state index is 12.7. The summed E-state index contributed by atoms with van der Waals surface area (Å²) in [5.74, 6) is 0.227. The number of aromatic amines is 1. The summed E-state index contributed by atoms with van der Waals surface area (Å²) in [6.45, 7) is 0. The van der Waals surface area contributed by atoms with E-state index in [2.05, 4.69) is 15.2 Å². The first-order valence-electron chi connectivity index (χ1n) is 6.68. The van der Waals surface area contributed by atoms with Crippen LogP contribution in [0.5, 0.6) is 0 Å². The van der Waals surface area contributed by atoms with Crippen LogP contribution < -0.4 is 0 Å². The summed E-state index contributed by atoms with van der Waals surface area (Å²) < 4.78 is 25.3. The van der Waals surface area contributed by atoms with Gasteiger partial charge in [-0.1, -0.05) is 18.2 Å². The molecule has 1 atom stereocenters. The number of hydrogen-bond acceptors (Lipinski definition) is 6. The molecular formula is C15H13N3O3S2. The van der Waals surface area contributed by atoms with Gasteiger partial charge in [-0.25, -0.2) is 13.4 Å². The maximum atomic E-state index is 12.7. The summed E-state index contributed by atoms with van der Waals surface area (Å²) in [6.07, 6.45) is 3.39. The van der Waals surface area contributed by atoms with E-state index in [-0.39, 0.29) is 15.6 Å². The van der Waals surface area contributed by atoms with Gasteiger partial charge in [0.15, 0.2) is 5.82 Å². The van der Waals surface area contributed by atoms with E-state index in [1.807, 2.05) is 0 Å². The minimum absolute atomic E-state index is 0.215. The molecule has 0 aliphatic heterocycles. The van der Waals surface area contributed by atoms with Crippen LogP contribution in [0.25, 0.3) is 6.08 Å². The molecule has 3 rings (SSSR count). The molecule has 0 saturated heterocycles. The highest BCUT2D eigenvalue weighted by atomic mass is 32.2. The molecule has 1 aromatic carbocycles. The van der Waals surface area contributed by atoms with Crippen molar-refractivity contribution >= 4 is 27.3 Å². The Morgan fingerprint density at radius 2 is 2.00 bits per heavy atom. The van der Waals surface area contributed by atoms with Crippen molar-refractivity contribution in [3.63, 3.8) is 0 Å². The van der Waals surface area contributed by atoms with E-state index in [0.717, 1.165) is 0 Å². The minimum Gasteiger partial charge on any atom is -0.381 e. The van der Waals surface area contributed by atoms with E-state index in [0.29, 0.717) is 4.88 Å². The van der Waals surface area contributed by atoms with Gasteiger partial charge in [-0.3, -0.25) is 5.10 Å². The van der Waals surface area contributed by atoms with Crippen LogP contribution in [0.2, 0.25) is 0 Å². The number of nitrogens with zero attached hydrogens (tertiary/aromatic N) is 2. The van der Waals surface area contributed by atoms with Crippen molar-refractivity contribution in [2.75, 3.05) is 0 Å². The van der Waals surface area contributed by atoms with Crippen molar-refractivity contribution in [2.24, 2.45) is 0 Å². The van der Waals surface area contributed by atoms with Crippen LogP contribution in [0.15, 0.2) is 64.0 Å². The summed E-state index contributed by atoms with van der Waals surface area (Å²) in [5.41, 5.74) is 0. The van der Waals surface area contributed by atoms with Crippen LogP contribution in [0, 0.1) is 0 Å². The first kappa shape index (κ1) is 15.6. The SMILES string of the molecule is O=S(=O)(c1ccccc1)c1ccsc1C=CC(O)c1nc[nH]n1. The van der Waals surface area contributed by atoms with Gasteiger partial charge in [0.2, 0.25) is 9.84 Å². The van der Waals surface area contributed by atoms with Crippen LogP contribution in [0.4, 0.5) is 0 Å². The summed E-state index contributed by atoms with van der Waals surface area (Å²) >= 11 is 1.28. The van der Waals surface area contributed by atoms with E-state index < -0.39 is 15.9 Å². The Balaban J connectivity index is 1.91. The molecule has 0 fully saturated rings. The van der Waals surface area contributed by atoms with E-state index in [9.17, 15) is 13.5 Å². The highest BCUT2D eigenvalue weighted by Crippen LogP contribution is 2.29. The highest BCUT2D eigenvalue weighted by molar-refractivity contribution is 7.91. The Hall–Kier alpha value is -2.29. The maximum Gasteiger partial charge on any atom is 0.208 e. The van der Waals surface area contributed by atoms with E-state index in [1.54, 1.807) is 47.9 Å². The molecule has 0 saturated carbocycles. The van der Waals surface area contributed by atoms with Gasteiger partial charge in [-0.05, 0) is 35.7 Å². The predicted octanol–water partition coefficient (Wildman–Crippen LogP) is 2.45. The number of aliphatic hydroxyl groups is 1. The number of nitrogens with one attached hydrogen (secondary N) is 1.